The molecule has 1 aromatic rings. The first kappa shape index (κ1) is 13.5. The van der Waals surface area contributed by atoms with Gasteiger partial charge in [-0.2, -0.15) is 0 Å². The first-order valence-corrected chi connectivity index (χ1v) is 6.67. The fraction of sp³-hybridized carbons (Fsp3) is 0.600. The summed E-state index contributed by atoms with van der Waals surface area (Å²) in [6, 6.07) is 3.98. The van der Waals surface area contributed by atoms with E-state index in [1.54, 1.807) is 0 Å². The Morgan fingerprint density at radius 3 is 2.44 bits per heavy atom. The van der Waals surface area contributed by atoms with Crippen molar-refractivity contribution in [3.05, 3.63) is 35.4 Å². The number of benzene rings is 1. The van der Waals surface area contributed by atoms with Gasteiger partial charge >= 0.3 is 0 Å². The highest BCUT2D eigenvalue weighted by molar-refractivity contribution is 5.28. The van der Waals surface area contributed by atoms with Gasteiger partial charge in [0.15, 0.2) is 0 Å². The standard InChI is InChI=1S/C15H21F2N/c1-10(2)11-5-4-8-15(18,9-11)14-12(16)6-3-7-13(14)17/h3,6-7,10-11H,4-5,8-9,18H2,1-2H3. The van der Waals surface area contributed by atoms with Crippen molar-refractivity contribution in [3.63, 3.8) is 0 Å². The van der Waals surface area contributed by atoms with E-state index in [-0.39, 0.29) is 5.56 Å². The molecule has 0 bridgehead atoms. The maximum Gasteiger partial charge on any atom is 0.131 e. The van der Waals surface area contributed by atoms with E-state index >= 15 is 0 Å². The summed E-state index contributed by atoms with van der Waals surface area (Å²) in [5.74, 6) is -0.0744. The summed E-state index contributed by atoms with van der Waals surface area (Å²) >= 11 is 0. The maximum atomic E-state index is 13.9. The van der Waals surface area contributed by atoms with E-state index in [1.165, 1.54) is 18.2 Å². The zero-order chi connectivity index (χ0) is 13.3. The normalized spacial score (nSPS) is 28.7. The van der Waals surface area contributed by atoms with E-state index in [1.807, 2.05) is 0 Å². The van der Waals surface area contributed by atoms with E-state index in [0.29, 0.717) is 24.7 Å². The van der Waals surface area contributed by atoms with Crippen LogP contribution in [0, 0.1) is 23.5 Å². The van der Waals surface area contributed by atoms with Crippen LogP contribution >= 0.6 is 0 Å². The van der Waals surface area contributed by atoms with Crippen molar-refractivity contribution in [1.29, 1.82) is 0 Å². The van der Waals surface area contributed by atoms with Crippen molar-refractivity contribution >= 4 is 0 Å². The molecule has 1 aliphatic carbocycles. The van der Waals surface area contributed by atoms with Gasteiger partial charge in [0, 0.05) is 11.1 Å². The van der Waals surface area contributed by atoms with E-state index in [0.717, 1.165) is 12.8 Å². The second kappa shape index (κ2) is 4.96. The fourth-order valence-corrected chi connectivity index (χ4v) is 3.12. The molecule has 0 amide bonds. The van der Waals surface area contributed by atoms with Crippen molar-refractivity contribution in [3.8, 4) is 0 Å². The van der Waals surface area contributed by atoms with Crippen LogP contribution < -0.4 is 5.73 Å². The summed E-state index contributed by atoms with van der Waals surface area (Å²) in [5.41, 5.74) is 5.56. The van der Waals surface area contributed by atoms with Gasteiger partial charge in [-0.05, 0) is 36.8 Å². The Morgan fingerprint density at radius 1 is 1.28 bits per heavy atom. The van der Waals surface area contributed by atoms with Gasteiger partial charge in [0.1, 0.15) is 11.6 Å². The van der Waals surface area contributed by atoms with Gasteiger partial charge in [0.2, 0.25) is 0 Å². The van der Waals surface area contributed by atoms with E-state index < -0.39 is 17.2 Å². The predicted molar refractivity (Wildman–Crippen MR) is 69.0 cm³/mol. The first-order valence-electron chi connectivity index (χ1n) is 6.67. The van der Waals surface area contributed by atoms with Gasteiger partial charge in [0.05, 0.1) is 0 Å². The smallest absolute Gasteiger partial charge is 0.131 e. The summed E-state index contributed by atoms with van der Waals surface area (Å²) in [4.78, 5) is 0. The molecule has 1 aromatic carbocycles. The molecule has 1 aliphatic rings. The zero-order valence-electron chi connectivity index (χ0n) is 11.0. The average Bonchev–Trinajstić information content (AvgIpc) is 2.28. The largest absolute Gasteiger partial charge is 0.321 e. The molecule has 0 radical (unpaired) electrons. The van der Waals surface area contributed by atoms with Crippen LogP contribution in [-0.2, 0) is 5.54 Å². The lowest BCUT2D eigenvalue weighted by atomic mass is 9.69. The molecule has 2 rings (SSSR count). The van der Waals surface area contributed by atoms with Crippen LogP contribution in [0.15, 0.2) is 18.2 Å². The van der Waals surface area contributed by atoms with Crippen molar-refractivity contribution in [2.24, 2.45) is 17.6 Å². The molecule has 0 saturated heterocycles. The van der Waals surface area contributed by atoms with Crippen LogP contribution in [0.2, 0.25) is 0 Å². The summed E-state index contributed by atoms with van der Waals surface area (Å²) in [5, 5.41) is 0. The van der Waals surface area contributed by atoms with Gasteiger partial charge in [-0.1, -0.05) is 32.8 Å². The summed E-state index contributed by atoms with van der Waals surface area (Å²) in [6.45, 7) is 4.29. The van der Waals surface area contributed by atoms with Gasteiger partial charge in [-0.3, -0.25) is 0 Å². The molecular formula is C15H21F2N. The number of hydrogen-bond acceptors (Lipinski definition) is 1. The fourth-order valence-electron chi connectivity index (χ4n) is 3.12. The van der Waals surface area contributed by atoms with Gasteiger partial charge < -0.3 is 5.73 Å². The minimum absolute atomic E-state index is 0.0790. The number of hydrogen-bond donors (Lipinski definition) is 1. The van der Waals surface area contributed by atoms with Crippen molar-refractivity contribution in [1.82, 2.24) is 0 Å². The van der Waals surface area contributed by atoms with Crippen molar-refractivity contribution in [2.45, 2.75) is 45.1 Å². The molecule has 1 saturated carbocycles. The third kappa shape index (κ3) is 2.41. The van der Waals surface area contributed by atoms with Gasteiger partial charge in [0.25, 0.3) is 0 Å². The summed E-state index contributed by atoms with van der Waals surface area (Å²) in [6.07, 6.45) is 3.37. The molecular weight excluding hydrogens is 232 g/mol. The lowest BCUT2D eigenvalue weighted by Gasteiger charge is -2.40. The topological polar surface area (TPSA) is 26.0 Å². The predicted octanol–water partition coefficient (Wildman–Crippen LogP) is 3.97. The van der Waals surface area contributed by atoms with Crippen molar-refractivity contribution < 1.29 is 8.78 Å². The second-order valence-corrected chi connectivity index (χ2v) is 5.85. The van der Waals surface area contributed by atoms with Crippen LogP contribution in [0.5, 0.6) is 0 Å². The molecule has 1 nitrogen and oxygen atoms in total. The summed E-state index contributed by atoms with van der Waals surface area (Å²) in [7, 11) is 0. The molecule has 2 N–H and O–H groups in total. The van der Waals surface area contributed by atoms with E-state index in [4.69, 9.17) is 5.73 Å². The average molecular weight is 253 g/mol. The Balaban J connectivity index is 2.36. The molecule has 18 heavy (non-hydrogen) atoms. The lowest BCUT2D eigenvalue weighted by Crippen LogP contribution is -2.44. The van der Waals surface area contributed by atoms with Crippen molar-refractivity contribution in [2.75, 3.05) is 0 Å². The molecule has 100 valence electrons. The minimum atomic E-state index is -0.845. The van der Waals surface area contributed by atoms with Crippen LogP contribution in [-0.4, -0.2) is 0 Å². The number of rotatable bonds is 2. The first-order chi connectivity index (χ1) is 8.44. The zero-order valence-corrected chi connectivity index (χ0v) is 11.0. The SMILES string of the molecule is CC(C)C1CCCC(N)(c2c(F)cccc2F)C1. The third-order valence-electron chi connectivity index (χ3n) is 4.23. The van der Waals surface area contributed by atoms with Crippen LogP contribution in [0.4, 0.5) is 8.78 Å². The van der Waals surface area contributed by atoms with Gasteiger partial charge in [-0.15, -0.1) is 0 Å². The molecule has 1 fully saturated rings. The Bertz CT molecular complexity index is 410. The molecule has 0 aliphatic heterocycles. The Kier molecular flexibility index (Phi) is 3.71. The van der Waals surface area contributed by atoms with E-state index in [2.05, 4.69) is 13.8 Å². The molecule has 0 heterocycles. The highest BCUT2D eigenvalue weighted by Crippen LogP contribution is 2.42. The molecule has 2 atom stereocenters. The number of nitrogens with two attached hydrogens (primary N) is 1. The Hall–Kier alpha value is -0.960. The second-order valence-electron chi connectivity index (χ2n) is 5.85. The third-order valence-corrected chi connectivity index (χ3v) is 4.23. The van der Waals surface area contributed by atoms with Crippen LogP contribution in [0.1, 0.15) is 45.1 Å². The highest BCUT2D eigenvalue weighted by Gasteiger charge is 2.38. The van der Waals surface area contributed by atoms with Crippen LogP contribution in [0.3, 0.4) is 0 Å². The molecule has 2 unspecified atom stereocenters. The lowest BCUT2D eigenvalue weighted by molar-refractivity contribution is 0.176. The quantitative estimate of drug-likeness (QED) is 0.848. The highest BCUT2D eigenvalue weighted by atomic mass is 19.1. The monoisotopic (exact) mass is 253 g/mol. The van der Waals surface area contributed by atoms with Gasteiger partial charge in [-0.25, -0.2) is 8.78 Å². The Labute approximate surface area is 107 Å². The number of halogens is 2. The minimum Gasteiger partial charge on any atom is -0.321 e. The van der Waals surface area contributed by atoms with Crippen LogP contribution in [0.25, 0.3) is 0 Å². The maximum absolute atomic E-state index is 13.9. The molecule has 0 aromatic heterocycles. The Morgan fingerprint density at radius 2 is 1.89 bits per heavy atom. The molecule has 0 spiro atoms. The van der Waals surface area contributed by atoms with E-state index in [9.17, 15) is 8.78 Å². The summed E-state index contributed by atoms with van der Waals surface area (Å²) < 4.78 is 27.8. The molecule has 3 heteroatoms.